The number of oxazole rings is 1. The van der Waals surface area contributed by atoms with Gasteiger partial charge in [0.1, 0.15) is 6.26 Å². The van der Waals surface area contributed by atoms with E-state index < -0.39 is 0 Å². The Hall–Kier alpha value is -0.480. The lowest BCUT2D eigenvalue weighted by Crippen LogP contribution is -2.39. The van der Waals surface area contributed by atoms with Crippen LogP contribution in [0.25, 0.3) is 0 Å². The highest BCUT2D eigenvalue weighted by molar-refractivity contribution is 7.99. The van der Waals surface area contributed by atoms with E-state index in [4.69, 9.17) is 4.42 Å². The Bertz CT molecular complexity index is 297. The van der Waals surface area contributed by atoms with Gasteiger partial charge in [-0.15, -0.1) is 0 Å². The van der Waals surface area contributed by atoms with Gasteiger partial charge in [-0.2, -0.15) is 0 Å². The van der Waals surface area contributed by atoms with Crippen molar-refractivity contribution in [1.82, 2.24) is 10.3 Å². The quantitative estimate of drug-likeness (QED) is 0.600. The van der Waals surface area contributed by atoms with Gasteiger partial charge in [0.2, 0.25) is 0 Å². The molecule has 0 saturated carbocycles. The predicted molar refractivity (Wildman–Crippen MR) is 64.3 cm³/mol. The summed E-state index contributed by atoms with van der Waals surface area (Å²) in [5.41, 5.74) is 1.17. The summed E-state index contributed by atoms with van der Waals surface area (Å²) < 4.78 is 5.25. The summed E-state index contributed by atoms with van der Waals surface area (Å²) in [5, 5.41) is 4.26. The molecule has 0 fully saturated rings. The van der Waals surface area contributed by atoms with E-state index in [0.29, 0.717) is 0 Å². The number of hydrogen-bond donors (Lipinski definition) is 1. The van der Waals surface area contributed by atoms with Gasteiger partial charge in [0, 0.05) is 17.8 Å². The molecule has 0 radical (unpaired) electrons. The monoisotopic (exact) mass is 228 g/mol. The van der Waals surface area contributed by atoms with Crippen molar-refractivity contribution in [3.8, 4) is 0 Å². The largest absolute Gasteiger partial charge is 0.440 e. The second-order valence-corrected chi connectivity index (χ2v) is 5.31. The fraction of sp³-hybridized carbons (Fsp3) is 0.727. The normalized spacial score (nSPS) is 12.0. The highest BCUT2D eigenvalue weighted by Gasteiger charge is 2.12. The first-order valence-corrected chi connectivity index (χ1v) is 6.32. The molecule has 0 saturated heterocycles. The number of rotatable bonds is 6. The molecule has 1 N–H and O–H groups in total. The molecule has 4 heteroatoms. The molecule has 1 aromatic rings. The third kappa shape index (κ3) is 4.71. The van der Waals surface area contributed by atoms with E-state index in [1.807, 2.05) is 6.92 Å². The highest BCUT2D eigenvalue weighted by atomic mass is 32.2. The molecule has 0 aliphatic rings. The summed E-state index contributed by atoms with van der Waals surface area (Å²) in [7, 11) is 0. The van der Waals surface area contributed by atoms with E-state index in [0.717, 1.165) is 29.6 Å². The van der Waals surface area contributed by atoms with Gasteiger partial charge in [0.25, 0.3) is 5.22 Å². The Morgan fingerprint density at radius 1 is 1.53 bits per heavy atom. The van der Waals surface area contributed by atoms with Gasteiger partial charge in [-0.05, 0) is 27.2 Å². The van der Waals surface area contributed by atoms with Crippen LogP contribution in [-0.2, 0) is 0 Å². The minimum atomic E-state index is 0.229. The maximum absolute atomic E-state index is 5.25. The molecule has 0 aliphatic carbocycles. The SMILES string of the molecule is CCC(C)(C)NCCSc1nc(C)co1. The number of nitrogens with zero attached hydrogens (tertiary/aromatic N) is 1. The maximum atomic E-state index is 5.25. The van der Waals surface area contributed by atoms with Crippen molar-refractivity contribution < 1.29 is 4.42 Å². The van der Waals surface area contributed by atoms with Gasteiger partial charge >= 0.3 is 0 Å². The molecule has 3 nitrogen and oxygen atoms in total. The molecule has 86 valence electrons. The lowest BCUT2D eigenvalue weighted by molar-refractivity contribution is 0.387. The van der Waals surface area contributed by atoms with E-state index in [9.17, 15) is 0 Å². The molecule has 0 amide bonds. The van der Waals surface area contributed by atoms with Crippen molar-refractivity contribution in [2.24, 2.45) is 0 Å². The third-order valence-corrected chi connectivity index (χ3v) is 3.26. The van der Waals surface area contributed by atoms with Crippen molar-refractivity contribution in [3.63, 3.8) is 0 Å². The number of aryl methyl sites for hydroxylation is 1. The van der Waals surface area contributed by atoms with Crippen LogP contribution in [0.4, 0.5) is 0 Å². The zero-order valence-corrected chi connectivity index (χ0v) is 10.8. The summed E-state index contributed by atoms with van der Waals surface area (Å²) in [6.45, 7) is 9.54. The van der Waals surface area contributed by atoms with E-state index >= 15 is 0 Å². The van der Waals surface area contributed by atoms with E-state index in [1.54, 1.807) is 18.0 Å². The van der Waals surface area contributed by atoms with Gasteiger partial charge in [-0.3, -0.25) is 0 Å². The molecular formula is C11H20N2OS. The van der Waals surface area contributed by atoms with Crippen LogP contribution in [-0.4, -0.2) is 22.8 Å². The smallest absolute Gasteiger partial charge is 0.255 e. The zero-order chi connectivity index (χ0) is 11.3. The molecule has 0 bridgehead atoms. The first-order valence-electron chi connectivity index (χ1n) is 5.33. The first kappa shape index (κ1) is 12.6. The van der Waals surface area contributed by atoms with Gasteiger partial charge in [0.05, 0.1) is 5.69 Å². The number of nitrogens with one attached hydrogen (secondary N) is 1. The lowest BCUT2D eigenvalue weighted by Gasteiger charge is -2.24. The Morgan fingerprint density at radius 3 is 2.80 bits per heavy atom. The summed E-state index contributed by atoms with van der Waals surface area (Å²) in [6, 6.07) is 0. The molecule has 15 heavy (non-hydrogen) atoms. The first-order chi connectivity index (χ1) is 7.03. The molecule has 1 rings (SSSR count). The van der Waals surface area contributed by atoms with E-state index in [2.05, 4.69) is 31.1 Å². The number of hydrogen-bond acceptors (Lipinski definition) is 4. The van der Waals surface area contributed by atoms with Crippen LogP contribution in [0.3, 0.4) is 0 Å². The average molecular weight is 228 g/mol. The van der Waals surface area contributed by atoms with Crippen LogP contribution in [0.1, 0.15) is 32.9 Å². The van der Waals surface area contributed by atoms with E-state index in [1.165, 1.54) is 0 Å². The molecule has 0 atom stereocenters. The van der Waals surface area contributed by atoms with Crippen LogP contribution in [0, 0.1) is 6.92 Å². The standard InChI is InChI=1S/C11H20N2OS/c1-5-11(3,4)12-6-7-15-10-13-9(2)8-14-10/h8,12H,5-7H2,1-4H3. The minimum absolute atomic E-state index is 0.229. The summed E-state index contributed by atoms with van der Waals surface area (Å²) >= 11 is 1.65. The highest BCUT2D eigenvalue weighted by Crippen LogP contribution is 2.16. The number of aromatic nitrogens is 1. The third-order valence-electron chi connectivity index (χ3n) is 2.41. The van der Waals surface area contributed by atoms with Crippen molar-refractivity contribution in [1.29, 1.82) is 0 Å². The van der Waals surface area contributed by atoms with Crippen LogP contribution < -0.4 is 5.32 Å². The Balaban J connectivity index is 2.17. The Labute approximate surface area is 96.0 Å². The minimum Gasteiger partial charge on any atom is -0.440 e. The van der Waals surface area contributed by atoms with Gasteiger partial charge in [0.15, 0.2) is 0 Å². The summed E-state index contributed by atoms with van der Waals surface area (Å²) in [6.07, 6.45) is 2.82. The van der Waals surface area contributed by atoms with Crippen molar-refractivity contribution in [2.75, 3.05) is 12.3 Å². The van der Waals surface area contributed by atoms with Crippen molar-refractivity contribution >= 4 is 11.8 Å². The zero-order valence-electron chi connectivity index (χ0n) is 9.96. The molecule has 0 aromatic carbocycles. The summed E-state index contributed by atoms with van der Waals surface area (Å²) in [5.74, 6) is 0.989. The summed E-state index contributed by atoms with van der Waals surface area (Å²) in [4.78, 5) is 4.23. The van der Waals surface area contributed by atoms with Crippen LogP contribution >= 0.6 is 11.8 Å². The van der Waals surface area contributed by atoms with Gasteiger partial charge in [-0.25, -0.2) is 4.98 Å². The van der Waals surface area contributed by atoms with Crippen LogP contribution in [0.15, 0.2) is 15.9 Å². The Morgan fingerprint density at radius 2 is 2.27 bits per heavy atom. The predicted octanol–water partition coefficient (Wildman–Crippen LogP) is 2.85. The lowest BCUT2D eigenvalue weighted by atomic mass is 10.0. The molecule has 1 aromatic heterocycles. The van der Waals surface area contributed by atoms with Gasteiger partial charge in [-0.1, -0.05) is 18.7 Å². The molecular weight excluding hydrogens is 208 g/mol. The molecule has 0 spiro atoms. The molecule has 0 aliphatic heterocycles. The fourth-order valence-corrected chi connectivity index (χ4v) is 1.75. The van der Waals surface area contributed by atoms with Crippen LogP contribution in [0.5, 0.6) is 0 Å². The second-order valence-electron chi connectivity index (χ2n) is 4.27. The molecule has 1 heterocycles. The van der Waals surface area contributed by atoms with Crippen molar-refractivity contribution in [3.05, 3.63) is 12.0 Å². The average Bonchev–Trinajstić information content (AvgIpc) is 2.59. The van der Waals surface area contributed by atoms with Crippen LogP contribution in [0.2, 0.25) is 0 Å². The van der Waals surface area contributed by atoms with Crippen molar-refractivity contribution in [2.45, 2.75) is 44.9 Å². The topological polar surface area (TPSA) is 38.1 Å². The fourth-order valence-electron chi connectivity index (χ4n) is 1.05. The number of thioether (sulfide) groups is 1. The maximum Gasteiger partial charge on any atom is 0.255 e. The molecule has 0 unspecified atom stereocenters. The Kier molecular flexibility index (Phi) is 4.67. The van der Waals surface area contributed by atoms with Gasteiger partial charge < -0.3 is 9.73 Å². The second kappa shape index (κ2) is 5.56. The van der Waals surface area contributed by atoms with E-state index in [-0.39, 0.29) is 5.54 Å².